The molecule has 0 aliphatic rings. The van der Waals surface area contributed by atoms with Crippen LogP contribution in [0.15, 0.2) is 41.0 Å². The van der Waals surface area contributed by atoms with Crippen molar-refractivity contribution in [3.63, 3.8) is 0 Å². The van der Waals surface area contributed by atoms with E-state index in [4.69, 9.17) is 11.6 Å². The predicted molar refractivity (Wildman–Crippen MR) is 75.8 cm³/mol. The van der Waals surface area contributed by atoms with E-state index in [0.29, 0.717) is 11.3 Å². The van der Waals surface area contributed by atoms with Crippen LogP contribution in [-0.4, -0.2) is 10.8 Å². The molecule has 1 aromatic heterocycles. The molecule has 2 nitrogen and oxygen atoms in total. The first-order valence-electron chi connectivity index (χ1n) is 5.61. The third-order valence-electron chi connectivity index (χ3n) is 2.59. The Bertz CT molecular complexity index is 601. The van der Waals surface area contributed by atoms with Crippen LogP contribution < -0.4 is 0 Å². The number of benzene rings is 1. The van der Waals surface area contributed by atoms with Gasteiger partial charge in [-0.2, -0.15) is 0 Å². The summed E-state index contributed by atoms with van der Waals surface area (Å²) < 4.78 is 14.5. The lowest BCUT2D eigenvalue weighted by atomic mass is 10.0. The zero-order chi connectivity index (χ0) is 13.8. The van der Waals surface area contributed by atoms with Gasteiger partial charge >= 0.3 is 0 Å². The van der Waals surface area contributed by atoms with Gasteiger partial charge in [0.25, 0.3) is 0 Å². The number of halogens is 3. The standard InChI is InChI=1S/C14H10BrClFNO/c15-10-4-5-11(18-8-10)7-12(19)6-9-2-1-3-13(16)14(9)17/h1-5,8H,6-7H2. The second-order valence-corrected chi connectivity index (χ2v) is 5.40. The summed E-state index contributed by atoms with van der Waals surface area (Å²) in [6, 6.07) is 8.23. The monoisotopic (exact) mass is 341 g/mol. The van der Waals surface area contributed by atoms with Gasteiger partial charge in [-0.15, -0.1) is 0 Å². The average Bonchev–Trinajstić information content (AvgIpc) is 2.38. The largest absolute Gasteiger partial charge is 0.299 e. The molecule has 0 radical (unpaired) electrons. The quantitative estimate of drug-likeness (QED) is 0.841. The summed E-state index contributed by atoms with van der Waals surface area (Å²) in [6.45, 7) is 0. The average molecular weight is 343 g/mol. The van der Waals surface area contributed by atoms with Gasteiger partial charge in [0.1, 0.15) is 11.6 Å². The number of hydrogen-bond acceptors (Lipinski definition) is 2. The molecule has 2 rings (SSSR count). The molecule has 5 heteroatoms. The lowest BCUT2D eigenvalue weighted by Crippen LogP contribution is -2.09. The smallest absolute Gasteiger partial charge is 0.145 e. The molecule has 0 unspecified atom stereocenters. The van der Waals surface area contributed by atoms with E-state index in [-0.39, 0.29) is 23.6 Å². The van der Waals surface area contributed by atoms with Crippen molar-refractivity contribution in [2.45, 2.75) is 12.8 Å². The summed E-state index contributed by atoms with van der Waals surface area (Å²) in [5, 5.41) is 0.0343. The van der Waals surface area contributed by atoms with E-state index < -0.39 is 5.82 Å². The second-order valence-electron chi connectivity index (χ2n) is 4.07. The molecule has 0 fully saturated rings. The van der Waals surface area contributed by atoms with Crippen LogP contribution in [0.4, 0.5) is 4.39 Å². The maximum atomic E-state index is 13.6. The highest BCUT2D eigenvalue weighted by atomic mass is 79.9. The molecule has 1 heterocycles. The highest BCUT2D eigenvalue weighted by Crippen LogP contribution is 2.18. The van der Waals surface area contributed by atoms with Crippen LogP contribution >= 0.6 is 27.5 Å². The molecule has 0 saturated heterocycles. The van der Waals surface area contributed by atoms with Crippen molar-refractivity contribution in [2.24, 2.45) is 0 Å². The van der Waals surface area contributed by atoms with Crippen molar-refractivity contribution in [3.05, 3.63) is 63.1 Å². The van der Waals surface area contributed by atoms with Gasteiger partial charge in [-0.3, -0.25) is 9.78 Å². The van der Waals surface area contributed by atoms with E-state index in [2.05, 4.69) is 20.9 Å². The number of rotatable bonds is 4. The van der Waals surface area contributed by atoms with Gasteiger partial charge in [-0.1, -0.05) is 23.7 Å². The van der Waals surface area contributed by atoms with Crippen molar-refractivity contribution < 1.29 is 9.18 Å². The molecule has 1 aromatic carbocycles. The normalized spacial score (nSPS) is 10.5. The van der Waals surface area contributed by atoms with Gasteiger partial charge in [0.15, 0.2) is 0 Å². The highest BCUT2D eigenvalue weighted by Gasteiger charge is 2.11. The minimum Gasteiger partial charge on any atom is -0.299 e. The molecule has 0 aliphatic carbocycles. The summed E-state index contributed by atoms with van der Waals surface area (Å²) in [5.74, 6) is -0.628. The van der Waals surface area contributed by atoms with Gasteiger partial charge in [-0.05, 0) is 39.7 Å². The minimum atomic E-state index is -0.527. The van der Waals surface area contributed by atoms with Gasteiger partial charge in [0.05, 0.1) is 5.02 Å². The molecule has 0 bridgehead atoms. The maximum absolute atomic E-state index is 13.6. The fourth-order valence-corrected chi connectivity index (χ4v) is 2.10. The molecule has 98 valence electrons. The molecule has 0 N–H and O–H groups in total. The lowest BCUT2D eigenvalue weighted by Gasteiger charge is -2.04. The number of pyridine rings is 1. The number of nitrogens with zero attached hydrogens (tertiary/aromatic N) is 1. The van der Waals surface area contributed by atoms with Crippen molar-refractivity contribution >= 4 is 33.3 Å². The Hall–Kier alpha value is -1.26. The first kappa shape index (κ1) is 14.2. The number of aromatic nitrogens is 1. The minimum absolute atomic E-state index is 0.0180. The van der Waals surface area contributed by atoms with E-state index >= 15 is 0 Å². The number of hydrogen-bond donors (Lipinski definition) is 0. The highest BCUT2D eigenvalue weighted by molar-refractivity contribution is 9.10. The summed E-state index contributed by atoms with van der Waals surface area (Å²) in [4.78, 5) is 16.0. The van der Waals surface area contributed by atoms with Crippen molar-refractivity contribution in [2.75, 3.05) is 0 Å². The summed E-state index contributed by atoms with van der Waals surface area (Å²) in [7, 11) is 0. The van der Waals surface area contributed by atoms with Crippen molar-refractivity contribution in [1.29, 1.82) is 0 Å². The topological polar surface area (TPSA) is 30.0 Å². The Labute approximate surface area is 123 Å². The van der Waals surface area contributed by atoms with Crippen LogP contribution in [-0.2, 0) is 17.6 Å². The van der Waals surface area contributed by atoms with Crippen LogP contribution in [0.1, 0.15) is 11.3 Å². The Kier molecular flexibility index (Phi) is 4.66. The van der Waals surface area contributed by atoms with Gasteiger partial charge in [0, 0.05) is 29.2 Å². The van der Waals surface area contributed by atoms with Gasteiger partial charge in [-0.25, -0.2) is 4.39 Å². The predicted octanol–water partition coefficient (Wildman–Crippen LogP) is 3.99. The third kappa shape index (κ3) is 3.85. The lowest BCUT2D eigenvalue weighted by molar-refractivity contribution is -0.117. The Morgan fingerprint density at radius 1 is 1.26 bits per heavy atom. The molecular weight excluding hydrogens is 333 g/mol. The van der Waals surface area contributed by atoms with E-state index in [0.717, 1.165) is 4.47 Å². The zero-order valence-electron chi connectivity index (χ0n) is 9.87. The van der Waals surface area contributed by atoms with Gasteiger partial charge < -0.3 is 0 Å². The summed E-state index contributed by atoms with van der Waals surface area (Å²) in [5.41, 5.74) is 0.977. The molecule has 0 spiro atoms. The Morgan fingerprint density at radius 2 is 2.05 bits per heavy atom. The van der Waals surface area contributed by atoms with E-state index in [1.54, 1.807) is 24.4 Å². The third-order valence-corrected chi connectivity index (χ3v) is 3.35. The summed E-state index contributed by atoms with van der Waals surface area (Å²) in [6.07, 6.45) is 1.83. The zero-order valence-corrected chi connectivity index (χ0v) is 12.2. The second kappa shape index (κ2) is 6.26. The SMILES string of the molecule is O=C(Cc1ccc(Br)cn1)Cc1cccc(Cl)c1F. The molecule has 19 heavy (non-hydrogen) atoms. The molecule has 0 saturated carbocycles. The number of carbonyl (C=O) groups excluding carboxylic acids is 1. The Morgan fingerprint density at radius 3 is 2.74 bits per heavy atom. The number of carbonyl (C=O) groups is 1. The van der Waals surface area contributed by atoms with Crippen LogP contribution in [0.5, 0.6) is 0 Å². The van der Waals surface area contributed by atoms with Crippen LogP contribution in [0.2, 0.25) is 5.02 Å². The maximum Gasteiger partial charge on any atom is 0.145 e. The number of Topliss-reactive ketones (excluding diaryl/α,β-unsaturated/α-hetero) is 1. The molecule has 2 aromatic rings. The van der Waals surface area contributed by atoms with E-state index in [1.165, 1.54) is 6.07 Å². The molecule has 0 atom stereocenters. The molecule has 0 amide bonds. The first-order valence-corrected chi connectivity index (χ1v) is 6.78. The van der Waals surface area contributed by atoms with Crippen LogP contribution in [0.25, 0.3) is 0 Å². The molecular formula is C14H10BrClFNO. The van der Waals surface area contributed by atoms with E-state index in [9.17, 15) is 9.18 Å². The number of ketones is 1. The van der Waals surface area contributed by atoms with Crippen molar-refractivity contribution in [3.8, 4) is 0 Å². The Balaban J connectivity index is 2.05. The van der Waals surface area contributed by atoms with Crippen molar-refractivity contribution in [1.82, 2.24) is 4.98 Å². The summed E-state index contributed by atoms with van der Waals surface area (Å²) >= 11 is 8.94. The fourth-order valence-electron chi connectivity index (χ4n) is 1.67. The molecule has 0 aliphatic heterocycles. The fraction of sp³-hybridized carbons (Fsp3) is 0.143. The van der Waals surface area contributed by atoms with Gasteiger partial charge in [0.2, 0.25) is 0 Å². The van der Waals surface area contributed by atoms with E-state index in [1.807, 2.05) is 6.07 Å². The first-order chi connectivity index (χ1) is 9.06. The van der Waals surface area contributed by atoms with Crippen LogP contribution in [0.3, 0.4) is 0 Å². The van der Waals surface area contributed by atoms with Crippen LogP contribution in [0, 0.1) is 5.82 Å².